The van der Waals surface area contributed by atoms with E-state index >= 15 is 0 Å². The fourth-order valence-electron chi connectivity index (χ4n) is 2.14. The summed E-state index contributed by atoms with van der Waals surface area (Å²) in [5.74, 6) is 0.127. The first kappa shape index (κ1) is 15.8. The first-order chi connectivity index (χ1) is 9.46. The zero-order valence-corrected chi connectivity index (χ0v) is 13.9. The van der Waals surface area contributed by atoms with E-state index in [-0.39, 0.29) is 5.75 Å². The Bertz CT molecular complexity index is 557. The number of halogens is 1. The second-order valence-electron chi connectivity index (χ2n) is 4.97. The van der Waals surface area contributed by atoms with Crippen molar-refractivity contribution in [2.75, 3.05) is 43.2 Å². The van der Waals surface area contributed by atoms with Gasteiger partial charge in [-0.05, 0) is 30.7 Å². The van der Waals surface area contributed by atoms with Gasteiger partial charge in [0, 0.05) is 37.2 Å². The highest BCUT2D eigenvalue weighted by Gasteiger charge is 2.16. The Hall–Kier alpha value is -0.630. The van der Waals surface area contributed by atoms with Crippen molar-refractivity contribution >= 4 is 31.6 Å². The van der Waals surface area contributed by atoms with Crippen molar-refractivity contribution in [3.05, 3.63) is 28.2 Å². The maximum atomic E-state index is 12.1. The molecule has 0 radical (unpaired) electrons. The van der Waals surface area contributed by atoms with Gasteiger partial charge in [-0.25, -0.2) is 8.42 Å². The van der Waals surface area contributed by atoms with Gasteiger partial charge in [-0.15, -0.1) is 0 Å². The van der Waals surface area contributed by atoms with Crippen LogP contribution in [0.5, 0.6) is 0 Å². The molecule has 1 heterocycles. The molecule has 1 aromatic rings. The predicted molar refractivity (Wildman–Crippen MR) is 85.6 cm³/mol. The molecule has 1 aliphatic heterocycles. The number of sulfonamides is 1. The molecule has 2 N–H and O–H groups in total. The minimum Gasteiger partial charge on any atom is -0.314 e. The van der Waals surface area contributed by atoms with Crippen molar-refractivity contribution < 1.29 is 8.42 Å². The minimum absolute atomic E-state index is 0.127. The smallest absolute Gasteiger partial charge is 0.233 e. The molecule has 1 fully saturated rings. The highest BCUT2D eigenvalue weighted by Crippen LogP contribution is 2.21. The van der Waals surface area contributed by atoms with Crippen LogP contribution in [0.1, 0.15) is 5.56 Å². The molecule has 1 aliphatic rings. The van der Waals surface area contributed by atoms with E-state index < -0.39 is 10.0 Å². The summed E-state index contributed by atoms with van der Waals surface area (Å²) in [5, 5.41) is 3.25. The second-order valence-corrected chi connectivity index (χ2v) is 7.73. The third-order valence-corrected chi connectivity index (χ3v) is 5.08. The van der Waals surface area contributed by atoms with Gasteiger partial charge in [0.05, 0.1) is 11.4 Å². The number of aryl methyl sites for hydroxylation is 1. The quantitative estimate of drug-likeness (QED) is 0.832. The number of nitrogens with one attached hydrogen (secondary N) is 2. The summed E-state index contributed by atoms with van der Waals surface area (Å²) in [4.78, 5) is 2.17. The summed E-state index contributed by atoms with van der Waals surface area (Å²) in [6.45, 7) is 6.14. The monoisotopic (exact) mass is 361 g/mol. The van der Waals surface area contributed by atoms with E-state index in [1.54, 1.807) is 6.07 Å². The molecule has 0 aliphatic carbocycles. The summed E-state index contributed by atoms with van der Waals surface area (Å²) in [6, 6.07) is 5.51. The van der Waals surface area contributed by atoms with E-state index in [0.29, 0.717) is 12.2 Å². The fraction of sp³-hybridized carbons (Fsp3) is 0.538. The van der Waals surface area contributed by atoms with Crippen LogP contribution < -0.4 is 10.0 Å². The maximum absolute atomic E-state index is 12.1. The van der Waals surface area contributed by atoms with Crippen LogP contribution in [0.4, 0.5) is 5.69 Å². The Balaban J connectivity index is 1.93. The molecule has 0 saturated carbocycles. The molecule has 112 valence electrons. The molecular formula is C13H20BrN3O2S. The molecule has 0 atom stereocenters. The molecular weight excluding hydrogens is 342 g/mol. The molecule has 0 aromatic heterocycles. The van der Waals surface area contributed by atoms with Crippen molar-refractivity contribution in [1.82, 2.24) is 10.2 Å². The number of benzene rings is 1. The van der Waals surface area contributed by atoms with E-state index in [9.17, 15) is 8.42 Å². The number of hydrogen-bond acceptors (Lipinski definition) is 4. The molecule has 0 amide bonds. The zero-order chi connectivity index (χ0) is 14.6. The average Bonchev–Trinajstić information content (AvgIpc) is 2.41. The lowest BCUT2D eigenvalue weighted by atomic mass is 10.2. The summed E-state index contributed by atoms with van der Waals surface area (Å²) in [5.41, 5.74) is 1.55. The van der Waals surface area contributed by atoms with E-state index in [4.69, 9.17) is 0 Å². The van der Waals surface area contributed by atoms with E-state index in [1.165, 1.54) is 0 Å². The minimum atomic E-state index is -3.30. The van der Waals surface area contributed by atoms with Crippen LogP contribution in [0.2, 0.25) is 0 Å². The SMILES string of the molecule is Cc1cc(Br)ccc1NS(=O)(=O)CCN1CCNCC1. The normalized spacial score (nSPS) is 17.1. The van der Waals surface area contributed by atoms with Crippen LogP contribution in [0.15, 0.2) is 22.7 Å². The summed E-state index contributed by atoms with van der Waals surface area (Å²) < 4.78 is 27.8. The lowest BCUT2D eigenvalue weighted by Crippen LogP contribution is -2.45. The highest BCUT2D eigenvalue weighted by atomic mass is 79.9. The Labute approximate surface area is 128 Å². The molecule has 1 saturated heterocycles. The van der Waals surface area contributed by atoms with Gasteiger partial charge in [0.1, 0.15) is 0 Å². The van der Waals surface area contributed by atoms with Crippen molar-refractivity contribution in [2.24, 2.45) is 0 Å². The molecule has 7 heteroatoms. The molecule has 20 heavy (non-hydrogen) atoms. The van der Waals surface area contributed by atoms with Crippen LogP contribution in [-0.4, -0.2) is 51.8 Å². The van der Waals surface area contributed by atoms with Gasteiger partial charge < -0.3 is 5.32 Å². The predicted octanol–water partition coefficient (Wildman–Crippen LogP) is 1.40. The number of hydrogen-bond donors (Lipinski definition) is 2. The van der Waals surface area contributed by atoms with Gasteiger partial charge >= 0.3 is 0 Å². The Morgan fingerprint density at radius 1 is 1.35 bits per heavy atom. The summed E-state index contributed by atoms with van der Waals surface area (Å²) >= 11 is 3.37. The standard InChI is InChI=1S/C13H20BrN3O2S/c1-11-10-12(14)2-3-13(11)16-20(18,19)9-8-17-6-4-15-5-7-17/h2-3,10,15-16H,4-9H2,1H3. The zero-order valence-electron chi connectivity index (χ0n) is 11.5. The Morgan fingerprint density at radius 3 is 2.70 bits per heavy atom. The van der Waals surface area contributed by atoms with Crippen LogP contribution in [0.25, 0.3) is 0 Å². The van der Waals surface area contributed by atoms with Crippen LogP contribution in [0, 0.1) is 6.92 Å². The maximum Gasteiger partial charge on any atom is 0.233 e. The second kappa shape index (κ2) is 6.89. The third-order valence-electron chi connectivity index (χ3n) is 3.34. The van der Waals surface area contributed by atoms with Crippen molar-refractivity contribution in [2.45, 2.75) is 6.92 Å². The van der Waals surface area contributed by atoms with E-state index in [2.05, 4.69) is 30.9 Å². The van der Waals surface area contributed by atoms with Crippen molar-refractivity contribution in [3.8, 4) is 0 Å². The molecule has 1 aromatic carbocycles. The first-order valence-corrected chi connectivity index (χ1v) is 9.10. The van der Waals surface area contributed by atoms with Gasteiger partial charge in [-0.2, -0.15) is 0 Å². The topological polar surface area (TPSA) is 61.4 Å². The van der Waals surface area contributed by atoms with E-state index in [1.807, 2.05) is 19.1 Å². The Morgan fingerprint density at radius 2 is 2.05 bits per heavy atom. The summed E-state index contributed by atoms with van der Waals surface area (Å²) in [7, 11) is -3.30. The fourth-order valence-corrected chi connectivity index (χ4v) is 3.78. The molecule has 5 nitrogen and oxygen atoms in total. The largest absolute Gasteiger partial charge is 0.314 e. The molecule has 0 unspecified atom stereocenters. The van der Waals surface area contributed by atoms with Gasteiger partial charge in [0.2, 0.25) is 10.0 Å². The van der Waals surface area contributed by atoms with Crippen LogP contribution in [0.3, 0.4) is 0 Å². The van der Waals surface area contributed by atoms with Crippen LogP contribution >= 0.6 is 15.9 Å². The average molecular weight is 362 g/mol. The van der Waals surface area contributed by atoms with Crippen molar-refractivity contribution in [3.63, 3.8) is 0 Å². The number of rotatable bonds is 5. The van der Waals surface area contributed by atoms with E-state index in [0.717, 1.165) is 36.2 Å². The first-order valence-electron chi connectivity index (χ1n) is 6.66. The molecule has 2 rings (SSSR count). The molecule has 0 spiro atoms. The van der Waals surface area contributed by atoms with Gasteiger partial charge in [0.15, 0.2) is 0 Å². The Kier molecular flexibility index (Phi) is 5.42. The number of anilines is 1. The van der Waals surface area contributed by atoms with Gasteiger partial charge in [-0.3, -0.25) is 9.62 Å². The molecule has 0 bridgehead atoms. The van der Waals surface area contributed by atoms with Crippen molar-refractivity contribution in [1.29, 1.82) is 0 Å². The number of nitrogens with zero attached hydrogens (tertiary/aromatic N) is 1. The lowest BCUT2D eigenvalue weighted by molar-refractivity contribution is 0.254. The van der Waals surface area contributed by atoms with Gasteiger partial charge in [-0.1, -0.05) is 15.9 Å². The summed E-state index contributed by atoms with van der Waals surface area (Å²) in [6.07, 6.45) is 0. The lowest BCUT2D eigenvalue weighted by Gasteiger charge is -2.27. The van der Waals surface area contributed by atoms with Crippen LogP contribution in [-0.2, 0) is 10.0 Å². The number of piperazine rings is 1. The van der Waals surface area contributed by atoms with Gasteiger partial charge in [0.25, 0.3) is 0 Å². The highest BCUT2D eigenvalue weighted by molar-refractivity contribution is 9.10. The third kappa shape index (κ3) is 4.73.